The Morgan fingerprint density at radius 3 is 2.81 bits per heavy atom. The number of rotatable bonds is 8. The Balaban J connectivity index is 2.01. The van der Waals surface area contributed by atoms with Crippen LogP contribution >= 0.6 is 22.9 Å². The Morgan fingerprint density at radius 1 is 1.33 bits per heavy atom. The van der Waals surface area contributed by atoms with Gasteiger partial charge in [-0.2, -0.15) is 4.37 Å². The van der Waals surface area contributed by atoms with E-state index in [2.05, 4.69) is 28.5 Å². The molecule has 6 heteroatoms. The molecule has 0 aliphatic carbocycles. The second-order valence-corrected chi connectivity index (χ2v) is 7.09. The van der Waals surface area contributed by atoms with Crippen molar-refractivity contribution >= 4 is 33.7 Å². The monoisotopic (exact) mass is 324 g/mol. The Morgan fingerprint density at radius 2 is 2.14 bits per heavy atom. The molecule has 3 N–H and O–H groups in total. The van der Waals surface area contributed by atoms with Crippen molar-refractivity contribution in [1.82, 2.24) is 9.36 Å². The van der Waals surface area contributed by atoms with E-state index in [0.717, 1.165) is 21.3 Å². The van der Waals surface area contributed by atoms with Crippen molar-refractivity contribution in [2.24, 2.45) is 0 Å². The van der Waals surface area contributed by atoms with Crippen molar-refractivity contribution in [3.63, 3.8) is 0 Å². The minimum absolute atomic E-state index is 0.432. The summed E-state index contributed by atoms with van der Waals surface area (Å²) in [5, 5.41) is 7.61. The Hall–Kier alpha value is -1.14. The molecule has 0 aliphatic rings. The fraction of sp³-hybridized carbons (Fsp3) is 0.600. The first-order chi connectivity index (χ1) is 10.1. The van der Waals surface area contributed by atoms with Crippen molar-refractivity contribution in [1.29, 1.82) is 0 Å². The molecule has 0 aliphatic heterocycles. The van der Waals surface area contributed by atoms with E-state index in [9.17, 15) is 0 Å². The van der Waals surface area contributed by atoms with Gasteiger partial charge in [-0.25, -0.2) is 4.98 Å². The van der Waals surface area contributed by atoms with Gasteiger partial charge < -0.3 is 11.1 Å². The molecule has 0 fully saturated rings. The molecule has 2 heterocycles. The molecule has 2 rings (SSSR count). The van der Waals surface area contributed by atoms with E-state index in [-0.39, 0.29) is 0 Å². The lowest BCUT2D eigenvalue weighted by Crippen LogP contribution is -2.14. The van der Waals surface area contributed by atoms with Gasteiger partial charge in [-0.05, 0) is 31.8 Å². The van der Waals surface area contributed by atoms with Gasteiger partial charge in [-0.15, -0.1) is 11.3 Å². The molecule has 2 aromatic heterocycles. The van der Waals surface area contributed by atoms with Gasteiger partial charge in [0.05, 0.1) is 5.56 Å². The molecule has 0 amide bonds. The fourth-order valence-corrected chi connectivity index (χ4v) is 4.00. The van der Waals surface area contributed by atoms with Gasteiger partial charge in [-0.3, -0.25) is 0 Å². The highest BCUT2D eigenvalue weighted by Gasteiger charge is 2.17. The molecule has 2 aromatic rings. The zero-order valence-corrected chi connectivity index (χ0v) is 14.6. The highest BCUT2D eigenvalue weighted by atomic mass is 32.1. The molecule has 0 saturated carbocycles. The normalized spacial score (nSPS) is 12.5. The van der Waals surface area contributed by atoms with Crippen molar-refractivity contribution < 1.29 is 0 Å². The summed E-state index contributed by atoms with van der Waals surface area (Å²) in [5.41, 5.74) is 8.02. The number of aryl methyl sites for hydroxylation is 1. The molecular weight excluding hydrogens is 300 g/mol. The number of nitrogens with one attached hydrogen (secondary N) is 1. The molecule has 1 unspecified atom stereocenters. The lowest BCUT2D eigenvalue weighted by molar-refractivity contribution is 0.594. The molecule has 0 radical (unpaired) electrons. The molecule has 0 aromatic carbocycles. The predicted octanol–water partition coefficient (Wildman–Crippen LogP) is 4.93. The van der Waals surface area contributed by atoms with Crippen LogP contribution < -0.4 is 11.1 Å². The number of hydrogen-bond donors (Lipinski definition) is 2. The maximum absolute atomic E-state index is 6.02. The van der Waals surface area contributed by atoms with Gasteiger partial charge in [0.25, 0.3) is 0 Å². The first-order valence-electron chi connectivity index (χ1n) is 7.56. The van der Waals surface area contributed by atoms with Crippen LogP contribution in [0.25, 0.3) is 10.6 Å². The van der Waals surface area contributed by atoms with E-state index in [4.69, 9.17) is 5.73 Å². The molecule has 0 saturated heterocycles. The molecule has 21 heavy (non-hydrogen) atoms. The van der Waals surface area contributed by atoms with Crippen molar-refractivity contribution in [2.45, 2.75) is 58.9 Å². The fourth-order valence-electron chi connectivity index (χ4n) is 2.25. The smallest absolute Gasteiger partial charge is 0.149 e. The largest absolute Gasteiger partial charge is 0.382 e. The van der Waals surface area contributed by atoms with Crippen LogP contribution in [-0.2, 0) is 0 Å². The summed E-state index contributed by atoms with van der Waals surface area (Å²) in [7, 11) is 0. The number of unbranched alkanes of at least 4 members (excludes halogenated alkanes) is 3. The summed E-state index contributed by atoms with van der Waals surface area (Å²) in [6.45, 7) is 6.46. The molecule has 0 bridgehead atoms. The third kappa shape index (κ3) is 4.41. The summed E-state index contributed by atoms with van der Waals surface area (Å²) >= 11 is 3.06. The third-order valence-electron chi connectivity index (χ3n) is 3.42. The summed E-state index contributed by atoms with van der Waals surface area (Å²) in [6, 6.07) is 0.432. The van der Waals surface area contributed by atoms with Crippen LogP contribution in [0.2, 0.25) is 0 Å². The Kier molecular flexibility index (Phi) is 5.99. The van der Waals surface area contributed by atoms with E-state index in [1.165, 1.54) is 43.6 Å². The lowest BCUT2D eigenvalue weighted by atomic mass is 10.1. The number of nitrogens with two attached hydrogens (primary N) is 1. The molecule has 0 spiro atoms. The highest BCUT2D eigenvalue weighted by molar-refractivity contribution is 7.15. The summed E-state index contributed by atoms with van der Waals surface area (Å²) in [4.78, 5) is 4.53. The Bertz CT molecular complexity index is 562. The topological polar surface area (TPSA) is 63.8 Å². The number of nitrogen functional groups attached to an aromatic ring is 1. The molecule has 4 nitrogen and oxygen atoms in total. The van der Waals surface area contributed by atoms with Crippen molar-refractivity contribution in [3.8, 4) is 10.6 Å². The van der Waals surface area contributed by atoms with Crippen LogP contribution in [0, 0.1) is 6.92 Å². The van der Waals surface area contributed by atoms with E-state index in [1.54, 1.807) is 11.3 Å². The molecular formula is C15H24N4S2. The van der Waals surface area contributed by atoms with Gasteiger partial charge in [0.15, 0.2) is 0 Å². The number of anilines is 2. The van der Waals surface area contributed by atoms with Crippen LogP contribution in [0.15, 0.2) is 5.38 Å². The first kappa shape index (κ1) is 16.2. The second-order valence-electron chi connectivity index (χ2n) is 5.46. The van der Waals surface area contributed by atoms with Crippen LogP contribution in [0.3, 0.4) is 0 Å². The minimum Gasteiger partial charge on any atom is -0.382 e. The lowest BCUT2D eigenvalue weighted by Gasteiger charge is -2.14. The van der Waals surface area contributed by atoms with Crippen LogP contribution in [0.5, 0.6) is 0 Å². The average Bonchev–Trinajstić information content (AvgIpc) is 3.01. The minimum atomic E-state index is 0.432. The van der Waals surface area contributed by atoms with Gasteiger partial charge >= 0.3 is 0 Å². The maximum atomic E-state index is 6.02. The average molecular weight is 325 g/mol. The number of thiazole rings is 1. The van der Waals surface area contributed by atoms with E-state index < -0.39 is 0 Å². The molecule has 1 atom stereocenters. The molecule has 116 valence electrons. The summed E-state index contributed by atoms with van der Waals surface area (Å²) in [6.07, 6.45) is 6.35. The summed E-state index contributed by atoms with van der Waals surface area (Å²) in [5.74, 6) is 0.579. The van der Waals surface area contributed by atoms with Crippen LogP contribution in [0.4, 0.5) is 10.8 Å². The maximum Gasteiger partial charge on any atom is 0.149 e. The van der Waals surface area contributed by atoms with E-state index >= 15 is 0 Å². The highest BCUT2D eigenvalue weighted by Crippen LogP contribution is 2.38. The quantitative estimate of drug-likeness (QED) is 0.676. The van der Waals surface area contributed by atoms with Gasteiger partial charge in [-0.1, -0.05) is 32.6 Å². The van der Waals surface area contributed by atoms with Crippen LogP contribution in [0.1, 0.15) is 51.6 Å². The van der Waals surface area contributed by atoms with Gasteiger partial charge in [0.2, 0.25) is 0 Å². The second kappa shape index (κ2) is 7.75. The SMILES string of the molecule is CCCCCCC(C)Nc1snc(N)c1-c1nc(C)cs1. The standard InChI is InChI=1S/C15H24N4S2/c1-4-5-6-7-8-10(2)17-15-12(13(16)19-21-15)14-18-11(3)9-20-14/h9-10,17H,4-8H2,1-3H3,(H2,16,19). The van der Waals surface area contributed by atoms with E-state index in [1.807, 2.05) is 12.3 Å². The first-order valence-corrected chi connectivity index (χ1v) is 9.21. The number of nitrogens with zero attached hydrogens (tertiary/aromatic N) is 2. The van der Waals surface area contributed by atoms with E-state index in [0.29, 0.717) is 11.9 Å². The van der Waals surface area contributed by atoms with Crippen molar-refractivity contribution in [2.75, 3.05) is 11.1 Å². The van der Waals surface area contributed by atoms with Crippen LogP contribution in [-0.4, -0.2) is 15.4 Å². The predicted molar refractivity (Wildman–Crippen MR) is 94.2 cm³/mol. The Labute approximate surface area is 135 Å². The van der Waals surface area contributed by atoms with Gasteiger partial charge in [0, 0.05) is 17.1 Å². The third-order valence-corrected chi connectivity index (χ3v) is 5.19. The zero-order chi connectivity index (χ0) is 15.2. The van der Waals surface area contributed by atoms with Gasteiger partial charge in [0.1, 0.15) is 15.8 Å². The number of aromatic nitrogens is 2. The number of hydrogen-bond acceptors (Lipinski definition) is 6. The summed E-state index contributed by atoms with van der Waals surface area (Å²) < 4.78 is 4.29. The van der Waals surface area contributed by atoms with Crippen molar-refractivity contribution in [3.05, 3.63) is 11.1 Å². The zero-order valence-electron chi connectivity index (χ0n) is 13.0.